The lowest BCUT2D eigenvalue weighted by atomic mass is 9.92. The lowest BCUT2D eigenvalue weighted by Gasteiger charge is -2.34. The van der Waals surface area contributed by atoms with Crippen molar-refractivity contribution < 1.29 is 24.2 Å². The highest BCUT2D eigenvalue weighted by atomic mass is 32.2. The fourth-order valence-electron chi connectivity index (χ4n) is 2.06. The molecule has 1 rings (SSSR count). The Kier molecular flexibility index (Phi) is 6.42. The maximum atomic E-state index is 12.1. The molecule has 0 radical (unpaired) electrons. The van der Waals surface area contributed by atoms with Gasteiger partial charge in [-0.2, -0.15) is 0 Å². The summed E-state index contributed by atoms with van der Waals surface area (Å²) in [5, 5.41) is 11.1. The molecule has 0 bridgehead atoms. The lowest BCUT2D eigenvalue weighted by Crippen LogP contribution is -2.56. The van der Waals surface area contributed by atoms with Crippen LogP contribution >= 0.6 is 11.8 Å². The smallest absolute Gasteiger partial charge is 0.408 e. The molecule has 0 aliphatic carbocycles. The van der Waals surface area contributed by atoms with Crippen LogP contribution in [0.3, 0.4) is 0 Å². The molecule has 132 valence electrons. The molecule has 0 saturated carbocycles. The van der Waals surface area contributed by atoms with Gasteiger partial charge in [-0.3, -0.25) is 4.79 Å². The highest BCUT2D eigenvalue weighted by molar-refractivity contribution is 8.13. The van der Waals surface area contributed by atoms with Crippen molar-refractivity contribution in [1.29, 1.82) is 0 Å². The normalized spacial score (nSPS) is 15.0. The summed E-state index contributed by atoms with van der Waals surface area (Å²) in [7, 11) is 0. The van der Waals surface area contributed by atoms with Gasteiger partial charge in [0.05, 0.1) is 5.25 Å². The second kappa shape index (κ2) is 7.70. The second-order valence-electron chi connectivity index (χ2n) is 6.53. The highest BCUT2D eigenvalue weighted by Gasteiger charge is 2.45. The molecule has 0 aromatic heterocycles. The summed E-state index contributed by atoms with van der Waals surface area (Å²) in [5.41, 5.74) is -1.86. The highest BCUT2D eigenvalue weighted by Crippen LogP contribution is 2.39. The molecule has 0 unspecified atom stereocenters. The second-order valence-corrected chi connectivity index (χ2v) is 7.82. The van der Waals surface area contributed by atoms with Crippen LogP contribution in [-0.4, -0.2) is 33.4 Å². The van der Waals surface area contributed by atoms with E-state index in [4.69, 9.17) is 4.74 Å². The monoisotopic (exact) mass is 353 g/mol. The molecule has 1 aromatic carbocycles. The van der Waals surface area contributed by atoms with E-state index >= 15 is 0 Å². The topological polar surface area (TPSA) is 92.7 Å². The Bertz CT molecular complexity index is 611. The van der Waals surface area contributed by atoms with Gasteiger partial charge in [0.2, 0.25) is 0 Å². The van der Waals surface area contributed by atoms with Crippen LogP contribution in [0.15, 0.2) is 30.3 Å². The van der Waals surface area contributed by atoms with Crippen molar-refractivity contribution in [3.05, 3.63) is 35.9 Å². The minimum absolute atomic E-state index is 0.248. The van der Waals surface area contributed by atoms with E-state index in [0.717, 1.165) is 11.8 Å². The van der Waals surface area contributed by atoms with E-state index in [0.29, 0.717) is 5.56 Å². The molecule has 0 heterocycles. The van der Waals surface area contributed by atoms with Gasteiger partial charge in [-0.15, -0.1) is 0 Å². The summed E-state index contributed by atoms with van der Waals surface area (Å²) >= 11 is 0.858. The molecule has 1 aromatic rings. The first-order valence-electron chi connectivity index (χ1n) is 7.42. The van der Waals surface area contributed by atoms with E-state index in [1.54, 1.807) is 51.1 Å². The van der Waals surface area contributed by atoms with E-state index in [9.17, 15) is 19.5 Å². The van der Waals surface area contributed by atoms with Gasteiger partial charge in [-0.1, -0.05) is 42.1 Å². The number of carbonyl (C=O) groups excluding carboxylic acids is 2. The molecule has 2 atom stereocenters. The number of alkyl carbamates (subject to hydrolysis) is 1. The first-order chi connectivity index (χ1) is 11.0. The Morgan fingerprint density at radius 1 is 1.12 bits per heavy atom. The van der Waals surface area contributed by atoms with Gasteiger partial charge in [0.15, 0.2) is 10.7 Å². The summed E-state index contributed by atoms with van der Waals surface area (Å²) in [6.45, 7) is 7.78. The number of benzene rings is 1. The quantitative estimate of drug-likeness (QED) is 0.843. The molecular formula is C17H23NO5S. The molecule has 0 fully saturated rings. The van der Waals surface area contributed by atoms with Crippen LogP contribution in [0.1, 0.15) is 45.4 Å². The Hall–Kier alpha value is -2.02. The number of carbonyl (C=O) groups is 3. The fraction of sp³-hybridized carbons (Fsp3) is 0.471. The number of ether oxygens (including phenoxy) is 1. The summed E-state index contributed by atoms with van der Waals surface area (Å²) in [6.07, 6.45) is -0.850. The molecule has 6 nitrogen and oxygen atoms in total. The molecule has 0 aliphatic rings. The number of rotatable bonds is 5. The van der Waals surface area contributed by atoms with Gasteiger partial charge in [-0.25, -0.2) is 9.59 Å². The van der Waals surface area contributed by atoms with Crippen molar-refractivity contribution in [3.63, 3.8) is 0 Å². The van der Waals surface area contributed by atoms with Crippen LogP contribution in [0, 0.1) is 0 Å². The Morgan fingerprint density at radius 3 is 2.08 bits per heavy atom. The van der Waals surface area contributed by atoms with Crippen molar-refractivity contribution in [1.82, 2.24) is 5.32 Å². The average Bonchev–Trinajstić information content (AvgIpc) is 2.43. The number of thioether (sulfide) groups is 1. The van der Waals surface area contributed by atoms with Crippen LogP contribution in [0.4, 0.5) is 4.79 Å². The van der Waals surface area contributed by atoms with Crippen LogP contribution in [-0.2, 0) is 14.3 Å². The molecule has 1 amide bonds. The number of carboxylic acids is 1. The van der Waals surface area contributed by atoms with Gasteiger partial charge < -0.3 is 15.2 Å². The van der Waals surface area contributed by atoms with Crippen LogP contribution < -0.4 is 5.32 Å². The maximum absolute atomic E-state index is 12.1. The number of carboxylic acid groups (broad SMARTS) is 1. The Morgan fingerprint density at radius 2 is 1.67 bits per heavy atom. The third-order valence-corrected chi connectivity index (χ3v) is 4.43. The number of hydrogen-bond acceptors (Lipinski definition) is 5. The summed E-state index contributed by atoms with van der Waals surface area (Å²) in [5.74, 6) is -1.25. The molecule has 0 saturated heterocycles. The average molecular weight is 353 g/mol. The lowest BCUT2D eigenvalue weighted by molar-refractivity contribution is -0.144. The summed E-state index contributed by atoms with van der Waals surface area (Å²) < 4.78 is 5.17. The standard InChI is InChI=1S/C17H23NO5S/c1-11(19)24-13(12-9-7-6-8-10-12)17(5,14(20)21)18-15(22)23-16(2,3)4/h6-10,13H,1-5H3,(H,18,22)(H,20,21)/t13-,17+/m1/s1. The molecule has 0 spiro atoms. The first kappa shape index (κ1) is 20.0. The molecule has 24 heavy (non-hydrogen) atoms. The van der Waals surface area contributed by atoms with Gasteiger partial charge in [0, 0.05) is 6.92 Å². The minimum atomic E-state index is -1.72. The molecule has 7 heteroatoms. The summed E-state index contributed by atoms with van der Waals surface area (Å²) in [4.78, 5) is 35.7. The number of amides is 1. The van der Waals surface area contributed by atoms with Gasteiger partial charge in [0.1, 0.15) is 5.60 Å². The number of aliphatic carboxylic acids is 1. The Balaban J connectivity index is 3.22. The largest absolute Gasteiger partial charge is 0.479 e. The van der Waals surface area contributed by atoms with E-state index in [1.165, 1.54) is 13.8 Å². The van der Waals surface area contributed by atoms with Crippen molar-refractivity contribution in [2.24, 2.45) is 0 Å². The first-order valence-corrected chi connectivity index (χ1v) is 8.30. The molecular weight excluding hydrogens is 330 g/mol. The van der Waals surface area contributed by atoms with E-state index in [2.05, 4.69) is 5.32 Å². The van der Waals surface area contributed by atoms with Crippen molar-refractivity contribution in [3.8, 4) is 0 Å². The van der Waals surface area contributed by atoms with Gasteiger partial charge in [-0.05, 0) is 33.3 Å². The third-order valence-electron chi connectivity index (χ3n) is 3.12. The van der Waals surface area contributed by atoms with Gasteiger partial charge in [0.25, 0.3) is 0 Å². The van der Waals surface area contributed by atoms with Gasteiger partial charge >= 0.3 is 12.1 Å². The van der Waals surface area contributed by atoms with E-state index < -0.39 is 28.5 Å². The van der Waals surface area contributed by atoms with E-state index in [1.807, 2.05) is 0 Å². The van der Waals surface area contributed by atoms with Crippen LogP contribution in [0.5, 0.6) is 0 Å². The predicted molar refractivity (Wildman–Crippen MR) is 92.9 cm³/mol. The summed E-state index contributed by atoms with van der Waals surface area (Å²) in [6, 6.07) is 8.73. The Labute approximate surface area is 146 Å². The maximum Gasteiger partial charge on any atom is 0.408 e. The zero-order valence-corrected chi connectivity index (χ0v) is 15.3. The third kappa shape index (κ3) is 5.56. The number of hydrogen-bond donors (Lipinski definition) is 2. The fourth-order valence-corrected chi connectivity index (χ4v) is 3.08. The molecule has 0 aliphatic heterocycles. The van der Waals surface area contributed by atoms with Crippen molar-refractivity contribution in [2.45, 2.75) is 51.0 Å². The van der Waals surface area contributed by atoms with Crippen LogP contribution in [0.25, 0.3) is 0 Å². The van der Waals surface area contributed by atoms with E-state index in [-0.39, 0.29) is 5.12 Å². The van der Waals surface area contributed by atoms with Crippen molar-refractivity contribution >= 4 is 28.9 Å². The number of nitrogens with one attached hydrogen (secondary N) is 1. The zero-order chi connectivity index (χ0) is 18.5. The van der Waals surface area contributed by atoms with Crippen LogP contribution in [0.2, 0.25) is 0 Å². The molecule has 2 N–H and O–H groups in total. The SMILES string of the molecule is CC(=O)S[C@H](c1ccccc1)[C@](C)(NC(=O)OC(C)(C)C)C(=O)O. The van der Waals surface area contributed by atoms with Crippen molar-refractivity contribution in [2.75, 3.05) is 0 Å². The predicted octanol–water partition coefficient (Wildman–Crippen LogP) is 3.38. The zero-order valence-electron chi connectivity index (χ0n) is 14.5. The minimum Gasteiger partial charge on any atom is -0.479 e.